The van der Waals surface area contributed by atoms with Gasteiger partial charge in [0.25, 0.3) is 0 Å². The summed E-state index contributed by atoms with van der Waals surface area (Å²) < 4.78 is 18.2. The predicted octanol–water partition coefficient (Wildman–Crippen LogP) is 15.7. The van der Waals surface area contributed by atoms with Gasteiger partial charge in [0.2, 0.25) is 11.4 Å². The van der Waals surface area contributed by atoms with Gasteiger partial charge in [0.05, 0.1) is 21.8 Å². The molecule has 0 amide bonds. The Morgan fingerprint density at radius 3 is 1.23 bits per heavy atom. The third-order valence-corrected chi connectivity index (χ3v) is 14.6. The zero-order chi connectivity index (χ0) is 41.2. The summed E-state index contributed by atoms with van der Waals surface area (Å²) >= 11 is 0. The monoisotopic (exact) mass is 796 g/mol. The smallest absolute Gasteiger partial charge is 0.213 e. The fourth-order valence-electron chi connectivity index (χ4n) is 11.5. The van der Waals surface area contributed by atoms with Crippen molar-refractivity contribution >= 4 is 65.9 Å². The van der Waals surface area contributed by atoms with Crippen LogP contribution in [0.3, 0.4) is 0 Å². The molecule has 12 aromatic rings. The second kappa shape index (κ2) is 11.6. The Bertz CT molecular complexity index is 3680. The molecule has 14 rings (SSSR count). The lowest BCUT2D eigenvalue weighted by Gasteiger charge is -2.21. The molecule has 4 aromatic heterocycles. The molecule has 294 valence electrons. The Balaban J connectivity index is 0.978. The fraction of sp³-hybridized carbons (Fsp3) is 0.103. The van der Waals surface area contributed by atoms with E-state index in [1.807, 2.05) is 0 Å². The van der Waals surface area contributed by atoms with Crippen molar-refractivity contribution in [1.29, 1.82) is 0 Å². The molecule has 0 saturated heterocycles. The minimum Gasteiger partial charge on any atom is -0.439 e. The van der Waals surface area contributed by atoms with Crippen LogP contribution in [-0.2, 0) is 10.8 Å². The Hall–Kier alpha value is -7.56. The average molecular weight is 797 g/mol. The van der Waals surface area contributed by atoms with E-state index in [2.05, 4.69) is 207 Å². The van der Waals surface area contributed by atoms with Crippen molar-refractivity contribution in [2.45, 2.75) is 38.5 Å². The van der Waals surface area contributed by atoms with Gasteiger partial charge >= 0.3 is 0 Å². The number of hydrogen-bond donors (Lipinski definition) is 0. The van der Waals surface area contributed by atoms with Gasteiger partial charge in [0.1, 0.15) is 11.2 Å². The summed E-state index contributed by atoms with van der Waals surface area (Å²) in [6.07, 6.45) is 0. The summed E-state index contributed by atoms with van der Waals surface area (Å²) in [5.74, 6) is 0. The average Bonchev–Trinajstić information content (AvgIpc) is 4.11. The minimum atomic E-state index is -0.0618. The van der Waals surface area contributed by atoms with Gasteiger partial charge in [0.15, 0.2) is 0 Å². The summed E-state index contributed by atoms with van der Waals surface area (Å²) in [5, 5.41) is 6.85. The summed E-state index contributed by atoms with van der Waals surface area (Å²) in [4.78, 5) is 0. The highest BCUT2D eigenvalue weighted by Gasteiger charge is 2.37. The van der Waals surface area contributed by atoms with Crippen LogP contribution in [-0.4, -0.2) is 9.13 Å². The Kier molecular flexibility index (Phi) is 6.41. The predicted molar refractivity (Wildman–Crippen MR) is 255 cm³/mol. The molecule has 0 radical (unpaired) electrons. The molecule has 0 atom stereocenters. The molecule has 0 aliphatic heterocycles. The zero-order valence-corrected chi connectivity index (χ0v) is 34.9. The highest BCUT2D eigenvalue weighted by Crippen LogP contribution is 2.52. The quantitative estimate of drug-likeness (QED) is 0.179. The van der Waals surface area contributed by atoms with Gasteiger partial charge in [-0.1, -0.05) is 137 Å². The van der Waals surface area contributed by atoms with Crippen molar-refractivity contribution in [3.05, 3.63) is 192 Å². The summed E-state index contributed by atoms with van der Waals surface area (Å²) in [6, 6.07) is 62.3. The van der Waals surface area contributed by atoms with Crippen LogP contribution >= 0.6 is 0 Å². The van der Waals surface area contributed by atoms with Crippen molar-refractivity contribution in [3.8, 4) is 44.8 Å². The van der Waals surface area contributed by atoms with Gasteiger partial charge in [-0.05, 0) is 116 Å². The number of aromatic nitrogens is 2. The van der Waals surface area contributed by atoms with Crippen molar-refractivity contribution in [2.24, 2.45) is 0 Å². The standard InChI is InChI=1S/C58H40N2O2/c1-57(2)45-17-9-5-13-37(45)41-31-35(23-25-47(41)57)59-49-27-21-33(29-43(49)53-39-15-7-11-19-51(39)61-55(53)59)34-22-28-50-44(30-34)54-40-16-8-12-20-52(40)62-56(54)60(50)36-24-26-48-42(32-36)38-14-6-10-18-46(38)58(48,3)4/h5-32H,1-4H3. The molecule has 2 aliphatic rings. The second-order valence-electron chi connectivity index (χ2n) is 18.5. The largest absolute Gasteiger partial charge is 0.439 e. The fourth-order valence-corrected chi connectivity index (χ4v) is 11.5. The molecule has 0 N–H and O–H groups in total. The van der Waals surface area contributed by atoms with Crippen molar-refractivity contribution < 1.29 is 8.83 Å². The van der Waals surface area contributed by atoms with Gasteiger partial charge in [-0.3, -0.25) is 9.13 Å². The first-order chi connectivity index (χ1) is 30.3. The number of hydrogen-bond acceptors (Lipinski definition) is 2. The van der Waals surface area contributed by atoms with Crippen molar-refractivity contribution in [2.75, 3.05) is 0 Å². The summed E-state index contributed by atoms with van der Waals surface area (Å²) in [5.41, 5.74) is 20.8. The number of rotatable bonds is 3. The normalized spacial score (nSPS) is 14.7. The van der Waals surface area contributed by atoms with Gasteiger partial charge in [-0.2, -0.15) is 0 Å². The van der Waals surface area contributed by atoms with Gasteiger partial charge in [0, 0.05) is 43.7 Å². The SMILES string of the molecule is CC1(C)c2ccccc2-c2cc(-n3c4ccc(-c5ccc6c(c5)c5c7ccccc7oc5n6-c5ccc6c(c5)-c5ccccc5C6(C)C)cc4c4c5ccccc5oc43)ccc21. The lowest BCUT2D eigenvalue weighted by Crippen LogP contribution is -2.14. The maximum Gasteiger partial charge on any atom is 0.213 e. The number of furan rings is 2. The molecular weight excluding hydrogens is 757 g/mol. The van der Waals surface area contributed by atoms with Crippen LogP contribution in [0.1, 0.15) is 49.9 Å². The van der Waals surface area contributed by atoms with E-state index < -0.39 is 0 Å². The third-order valence-electron chi connectivity index (χ3n) is 14.6. The minimum absolute atomic E-state index is 0.0618. The van der Waals surface area contributed by atoms with E-state index in [-0.39, 0.29) is 10.8 Å². The Morgan fingerprint density at radius 2 is 0.758 bits per heavy atom. The maximum atomic E-state index is 6.79. The Morgan fingerprint density at radius 1 is 0.355 bits per heavy atom. The van der Waals surface area contributed by atoms with Gasteiger partial charge in [-0.15, -0.1) is 0 Å². The van der Waals surface area contributed by atoms with Crippen LogP contribution in [0, 0.1) is 0 Å². The topological polar surface area (TPSA) is 36.1 Å². The second-order valence-corrected chi connectivity index (χ2v) is 18.5. The number of nitrogens with zero attached hydrogens (tertiary/aromatic N) is 2. The number of fused-ring (bicyclic) bond motifs is 16. The molecule has 8 aromatic carbocycles. The van der Waals surface area contributed by atoms with Crippen molar-refractivity contribution in [1.82, 2.24) is 9.13 Å². The molecule has 0 spiro atoms. The van der Waals surface area contributed by atoms with E-state index in [0.29, 0.717) is 0 Å². The molecule has 0 fully saturated rings. The van der Waals surface area contributed by atoms with E-state index in [9.17, 15) is 0 Å². The first-order valence-corrected chi connectivity index (χ1v) is 21.7. The van der Waals surface area contributed by atoms with E-state index in [1.54, 1.807) is 0 Å². The van der Waals surface area contributed by atoms with E-state index >= 15 is 0 Å². The highest BCUT2D eigenvalue weighted by molar-refractivity contribution is 6.22. The molecule has 4 heterocycles. The van der Waals surface area contributed by atoms with E-state index in [1.165, 1.54) is 55.3 Å². The number of para-hydroxylation sites is 2. The summed E-state index contributed by atoms with van der Waals surface area (Å²) in [7, 11) is 0. The maximum absolute atomic E-state index is 6.79. The molecular formula is C58H40N2O2. The first kappa shape index (κ1) is 34.2. The van der Waals surface area contributed by atoms with Crippen LogP contribution in [0.2, 0.25) is 0 Å². The van der Waals surface area contributed by atoms with E-state index in [0.717, 1.165) is 77.7 Å². The van der Waals surface area contributed by atoms with Gasteiger partial charge in [-0.25, -0.2) is 0 Å². The molecule has 0 bridgehead atoms. The Labute approximate surface area is 357 Å². The number of benzene rings is 8. The van der Waals surface area contributed by atoms with Gasteiger partial charge < -0.3 is 8.83 Å². The van der Waals surface area contributed by atoms with Crippen LogP contribution in [0.25, 0.3) is 111 Å². The molecule has 62 heavy (non-hydrogen) atoms. The third kappa shape index (κ3) is 4.26. The molecule has 0 saturated carbocycles. The summed E-state index contributed by atoms with van der Waals surface area (Å²) in [6.45, 7) is 9.34. The lowest BCUT2D eigenvalue weighted by molar-refractivity contribution is 0.644. The van der Waals surface area contributed by atoms with E-state index in [4.69, 9.17) is 8.83 Å². The highest BCUT2D eigenvalue weighted by atomic mass is 16.3. The van der Waals surface area contributed by atoms with Crippen LogP contribution in [0.5, 0.6) is 0 Å². The molecule has 2 aliphatic carbocycles. The van der Waals surface area contributed by atoms with Crippen LogP contribution < -0.4 is 0 Å². The van der Waals surface area contributed by atoms with Crippen molar-refractivity contribution in [3.63, 3.8) is 0 Å². The molecule has 4 nitrogen and oxygen atoms in total. The van der Waals surface area contributed by atoms with Crippen LogP contribution in [0.15, 0.2) is 179 Å². The lowest BCUT2D eigenvalue weighted by atomic mass is 9.82. The molecule has 4 heteroatoms. The molecule has 0 unspecified atom stereocenters. The van der Waals surface area contributed by atoms with Crippen LogP contribution in [0.4, 0.5) is 0 Å². The first-order valence-electron chi connectivity index (χ1n) is 21.7. The zero-order valence-electron chi connectivity index (χ0n) is 34.9.